The van der Waals surface area contributed by atoms with Gasteiger partial charge < -0.3 is 4.74 Å². The summed E-state index contributed by atoms with van der Waals surface area (Å²) in [6.45, 7) is 0.287. The maximum Gasteiger partial charge on any atom is 0.265 e. The van der Waals surface area contributed by atoms with Crippen LogP contribution >= 0.6 is 0 Å². The summed E-state index contributed by atoms with van der Waals surface area (Å²) in [6, 6.07) is 10.7. The van der Waals surface area contributed by atoms with E-state index in [1.54, 1.807) is 36.7 Å². The van der Waals surface area contributed by atoms with Gasteiger partial charge in [0.1, 0.15) is 12.4 Å². The molecule has 0 radical (unpaired) electrons. The van der Waals surface area contributed by atoms with Crippen LogP contribution in [-0.2, 0) is 6.61 Å². The zero-order valence-corrected chi connectivity index (χ0v) is 9.67. The van der Waals surface area contributed by atoms with Crippen LogP contribution < -0.4 is 16.0 Å². The van der Waals surface area contributed by atoms with Gasteiger partial charge in [0.25, 0.3) is 5.91 Å². The Kier molecular flexibility index (Phi) is 3.88. The molecule has 5 nitrogen and oxygen atoms in total. The number of hydrogen-bond acceptors (Lipinski definition) is 4. The van der Waals surface area contributed by atoms with Crippen LogP contribution in [0.2, 0.25) is 0 Å². The third kappa shape index (κ3) is 2.83. The molecule has 0 atom stereocenters. The van der Waals surface area contributed by atoms with Crippen molar-refractivity contribution >= 4 is 5.91 Å². The first-order valence-corrected chi connectivity index (χ1v) is 5.43. The largest absolute Gasteiger partial charge is 0.487 e. The SMILES string of the molecule is NNC(=O)c1ccccc1COc1cccnc1. The van der Waals surface area contributed by atoms with Crippen LogP contribution in [0.25, 0.3) is 0 Å². The maximum absolute atomic E-state index is 11.5. The highest BCUT2D eigenvalue weighted by molar-refractivity contribution is 5.95. The lowest BCUT2D eigenvalue weighted by Crippen LogP contribution is -2.30. The van der Waals surface area contributed by atoms with Crippen molar-refractivity contribution in [2.45, 2.75) is 6.61 Å². The number of nitrogen functional groups attached to an aromatic ring is 1. The van der Waals surface area contributed by atoms with Gasteiger partial charge in [-0.15, -0.1) is 0 Å². The Bertz CT molecular complexity index is 529. The molecular formula is C13H13N3O2. The van der Waals surface area contributed by atoms with E-state index in [0.717, 1.165) is 5.56 Å². The molecule has 1 aromatic heterocycles. The van der Waals surface area contributed by atoms with Crippen molar-refractivity contribution in [3.05, 3.63) is 59.9 Å². The minimum atomic E-state index is -0.333. The molecule has 0 aliphatic rings. The fourth-order valence-electron chi connectivity index (χ4n) is 1.54. The molecule has 1 amide bonds. The van der Waals surface area contributed by atoms with Crippen molar-refractivity contribution < 1.29 is 9.53 Å². The molecule has 92 valence electrons. The van der Waals surface area contributed by atoms with Gasteiger partial charge in [0.15, 0.2) is 0 Å². The van der Waals surface area contributed by atoms with Crippen LogP contribution in [0.15, 0.2) is 48.8 Å². The van der Waals surface area contributed by atoms with Gasteiger partial charge in [0, 0.05) is 17.3 Å². The number of carbonyl (C=O) groups is 1. The molecule has 18 heavy (non-hydrogen) atoms. The molecule has 2 aromatic rings. The number of hydrogen-bond donors (Lipinski definition) is 2. The Balaban J connectivity index is 2.12. The Morgan fingerprint density at radius 3 is 2.83 bits per heavy atom. The molecule has 2 rings (SSSR count). The number of nitrogens with zero attached hydrogens (tertiary/aromatic N) is 1. The smallest absolute Gasteiger partial charge is 0.265 e. The first-order valence-electron chi connectivity index (χ1n) is 5.43. The molecule has 3 N–H and O–H groups in total. The summed E-state index contributed by atoms with van der Waals surface area (Å²) in [6.07, 6.45) is 3.29. The minimum Gasteiger partial charge on any atom is -0.487 e. The van der Waals surface area contributed by atoms with Gasteiger partial charge in [-0.3, -0.25) is 15.2 Å². The Morgan fingerprint density at radius 2 is 2.11 bits per heavy atom. The van der Waals surface area contributed by atoms with Gasteiger partial charge in [-0.1, -0.05) is 18.2 Å². The quantitative estimate of drug-likeness (QED) is 0.481. The maximum atomic E-state index is 11.5. The second-order valence-corrected chi connectivity index (χ2v) is 3.61. The molecule has 0 saturated heterocycles. The molecule has 0 unspecified atom stereocenters. The van der Waals surface area contributed by atoms with Gasteiger partial charge in [0.05, 0.1) is 6.20 Å². The Labute approximate surface area is 105 Å². The number of rotatable bonds is 4. The van der Waals surface area contributed by atoms with Gasteiger partial charge in [0.2, 0.25) is 0 Å². The second-order valence-electron chi connectivity index (χ2n) is 3.61. The minimum absolute atomic E-state index is 0.287. The molecule has 1 heterocycles. The van der Waals surface area contributed by atoms with Crippen LogP contribution in [-0.4, -0.2) is 10.9 Å². The highest BCUT2D eigenvalue weighted by Crippen LogP contribution is 2.13. The standard InChI is InChI=1S/C13H13N3O2/c14-16-13(17)12-6-2-1-4-10(12)9-18-11-5-3-7-15-8-11/h1-8H,9,14H2,(H,16,17). The first kappa shape index (κ1) is 12.1. The van der Waals surface area contributed by atoms with Gasteiger partial charge in [-0.05, 0) is 18.2 Å². The van der Waals surface area contributed by atoms with E-state index in [9.17, 15) is 4.79 Å². The van der Waals surface area contributed by atoms with Crippen molar-refractivity contribution in [2.24, 2.45) is 5.84 Å². The average molecular weight is 243 g/mol. The van der Waals surface area contributed by atoms with Crippen molar-refractivity contribution in [3.63, 3.8) is 0 Å². The van der Waals surface area contributed by atoms with Gasteiger partial charge >= 0.3 is 0 Å². The predicted octanol–water partition coefficient (Wildman–Crippen LogP) is 1.26. The molecule has 0 saturated carbocycles. The number of nitrogens with one attached hydrogen (secondary N) is 1. The molecular weight excluding hydrogens is 230 g/mol. The number of benzene rings is 1. The topological polar surface area (TPSA) is 77.2 Å². The van der Waals surface area contributed by atoms with Crippen molar-refractivity contribution in [1.82, 2.24) is 10.4 Å². The van der Waals surface area contributed by atoms with Crippen LogP contribution in [0.3, 0.4) is 0 Å². The average Bonchev–Trinajstić information content (AvgIpc) is 2.45. The van der Waals surface area contributed by atoms with Crippen molar-refractivity contribution in [3.8, 4) is 5.75 Å². The second kappa shape index (κ2) is 5.79. The molecule has 5 heteroatoms. The monoisotopic (exact) mass is 243 g/mol. The summed E-state index contributed by atoms with van der Waals surface area (Å²) in [5, 5.41) is 0. The van der Waals surface area contributed by atoms with Gasteiger partial charge in [-0.2, -0.15) is 0 Å². The number of nitrogens with two attached hydrogens (primary N) is 1. The Hall–Kier alpha value is -2.40. The zero-order valence-electron chi connectivity index (χ0n) is 9.67. The highest BCUT2D eigenvalue weighted by atomic mass is 16.5. The fraction of sp³-hybridized carbons (Fsp3) is 0.0769. The van der Waals surface area contributed by atoms with E-state index >= 15 is 0 Å². The lowest BCUT2D eigenvalue weighted by molar-refractivity contribution is 0.0951. The summed E-state index contributed by atoms with van der Waals surface area (Å²) >= 11 is 0. The number of ether oxygens (including phenoxy) is 1. The van der Waals surface area contributed by atoms with E-state index in [1.807, 2.05) is 12.1 Å². The lowest BCUT2D eigenvalue weighted by Gasteiger charge is -2.09. The van der Waals surface area contributed by atoms with E-state index in [-0.39, 0.29) is 12.5 Å². The highest BCUT2D eigenvalue weighted by Gasteiger charge is 2.09. The summed E-state index contributed by atoms with van der Waals surface area (Å²) in [5.41, 5.74) is 3.38. The number of amides is 1. The fourth-order valence-corrected chi connectivity index (χ4v) is 1.54. The van der Waals surface area contributed by atoms with Gasteiger partial charge in [-0.25, -0.2) is 5.84 Å². The number of pyridine rings is 1. The van der Waals surface area contributed by atoms with Crippen molar-refractivity contribution in [2.75, 3.05) is 0 Å². The Morgan fingerprint density at radius 1 is 1.28 bits per heavy atom. The van der Waals surface area contributed by atoms with E-state index in [1.165, 1.54) is 0 Å². The van der Waals surface area contributed by atoms with Crippen LogP contribution in [0, 0.1) is 0 Å². The van der Waals surface area contributed by atoms with Crippen LogP contribution in [0.5, 0.6) is 5.75 Å². The summed E-state index contributed by atoms with van der Waals surface area (Å²) < 4.78 is 5.54. The molecule has 0 aliphatic heterocycles. The molecule has 0 spiro atoms. The number of aromatic nitrogens is 1. The van der Waals surface area contributed by atoms with E-state index in [0.29, 0.717) is 11.3 Å². The number of hydrazine groups is 1. The molecule has 0 aliphatic carbocycles. The number of carbonyl (C=O) groups excluding carboxylic acids is 1. The summed E-state index contributed by atoms with van der Waals surface area (Å²) in [7, 11) is 0. The van der Waals surface area contributed by atoms with E-state index < -0.39 is 0 Å². The third-order valence-corrected chi connectivity index (χ3v) is 2.42. The van der Waals surface area contributed by atoms with E-state index in [4.69, 9.17) is 10.6 Å². The summed E-state index contributed by atoms with van der Waals surface area (Å²) in [5.74, 6) is 5.45. The zero-order chi connectivity index (χ0) is 12.8. The third-order valence-electron chi connectivity index (χ3n) is 2.42. The van der Waals surface area contributed by atoms with Crippen LogP contribution in [0.4, 0.5) is 0 Å². The molecule has 0 bridgehead atoms. The first-order chi connectivity index (χ1) is 8.81. The van der Waals surface area contributed by atoms with E-state index in [2.05, 4.69) is 10.4 Å². The predicted molar refractivity (Wildman–Crippen MR) is 66.7 cm³/mol. The molecule has 1 aromatic carbocycles. The summed E-state index contributed by atoms with van der Waals surface area (Å²) in [4.78, 5) is 15.5. The van der Waals surface area contributed by atoms with Crippen LogP contribution in [0.1, 0.15) is 15.9 Å². The normalized spacial score (nSPS) is 9.83. The molecule has 0 fully saturated rings. The van der Waals surface area contributed by atoms with Crippen molar-refractivity contribution in [1.29, 1.82) is 0 Å². The lowest BCUT2D eigenvalue weighted by atomic mass is 10.1.